The zero-order valence-corrected chi connectivity index (χ0v) is 14.9. The number of piperidine rings is 1. The Labute approximate surface area is 148 Å². The highest BCUT2D eigenvalue weighted by Gasteiger charge is 2.36. The molecule has 0 N–H and O–H groups in total. The molecule has 1 atom stereocenters. The molecule has 1 aromatic carbocycles. The Morgan fingerprint density at radius 3 is 2.64 bits per heavy atom. The SMILES string of the molecule is CCOC(=O)C1CCCN(S(=O)(=O)c2ccc(C(F)(F)F)cc2Cl)C1. The molecular formula is C15H17ClF3NO4S. The van der Waals surface area contributed by atoms with Crippen molar-refractivity contribution in [1.29, 1.82) is 0 Å². The van der Waals surface area contributed by atoms with Crippen molar-refractivity contribution in [2.24, 2.45) is 5.92 Å². The second-order valence-electron chi connectivity index (χ2n) is 5.60. The first-order valence-electron chi connectivity index (χ1n) is 7.61. The van der Waals surface area contributed by atoms with Gasteiger partial charge in [-0.3, -0.25) is 4.79 Å². The van der Waals surface area contributed by atoms with E-state index in [1.165, 1.54) is 0 Å². The van der Waals surface area contributed by atoms with Crippen LogP contribution in [0.15, 0.2) is 23.1 Å². The number of sulfonamides is 1. The minimum absolute atomic E-state index is 0.0848. The van der Waals surface area contributed by atoms with E-state index in [0.717, 1.165) is 10.4 Å². The van der Waals surface area contributed by atoms with Crippen LogP contribution in [0.2, 0.25) is 5.02 Å². The Balaban J connectivity index is 2.28. The summed E-state index contributed by atoms with van der Waals surface area (Å²) in [4.78, 5) is 11.4. The lowest BCUT2D eigenvalue weighted by molar-refractivity contribution is -0.149. The van der Waals surface area contributed by atoms with Crippen LogP contribution in [0, 0.1) is 5.92 Å². The predicted molar refractivity (Wildman–Crippen MR) is 84.6 cm³/mol. The summed E-state index contributed by atoms with van der Waals surface area (Å²) < 4.78 is 69.5. The van der Waals surface area contributed by atoms with Crippen LogP contribution in [-0.4, -0.2) is 38.4 Å². The third kappa shape index (κ3) is 4.45. The molecule has 25 heavy (non-hydrogen) atoms. The first-order chi connectivity index (χ1) is 11.6. The van der Waals surface area contributed by atoms with Crippen molar-refractivity contribution in [1.82, 2.24) is 4.31 Å². The minimum atomic E-state index is -4.62. The van der Waals surface area contributed by atoms with Crippen LogP contribution in [0.3, 0.4) is 0 Å². The average Bonchev–Trinajstić information content (AvgIpc) is 2.54. The summed E-state index contributed by atoms with van der Waals surface area (Å²) in [6.07, 6.45) is -3.68. The van der Waals surface area contributed by atoms with Gasteiger partial charge in [0.25, 0.3) is 0 Å². The zero-order chi connectivity index (χ0) is 18.8. The number of hydrogen-bond donors (Lipinski definition) is 0. The number of rotatable bonds is 4. The van der Waals surface area contributed by atoms with E-state index in [1.54, 1.807) is 6.92 Å². The van der Waals surface area contributed by atoms with Crippen molar-refractivity contribution in [2.45, 2.75) is 30.8 Å². The summed E-state index contributed by atoms with van der Waals surface area (Å²) in [6.45, 7) is 1.91. The normalized spacial score (nSPS) is 19.6. The van der Waals surface area contributed by atoms with Gasteiger partial charge in [-0.05, 0) is 38.0 Å². The Hall–Kier alpha value is -1.32. The van der Waals surface area contributed by atoms with Gasteiger partial charge in [-0.2, -0.15) is 17.5 Å². The molecule has 10 heteroatoms. The molecule has 0 aromatic heterocycles. The van der Waals surface area contributed by atoms with Gasteiger partial charge in [-0.15, -0.1) is 0 Å². The lowest BCUT2D eigenvalue weighted by Crippen LogP contribution is -2.42. The topological polar surface area (TPSA) is 63.7 Å². The molecule has 1 saturated heterocycles. The van der Waals surface area contributed by atoms with Crippen LogP contribution in [-0.2, 0) is 25.7 Å². The fourth-order valence-corrected chi connectivity index (χ4v) is 4.68. The number of carbonyl (C=O) groups is 1. The maximum atomic E-state index is 12.7. The van der Waals surface area contributed by atoms with Crippen molar-refractivity contribution < 1.29 is 31.1 Å². The average molecular weight is 400 g/mol. The molecule has 5 nitrogen and oxygen atoms in total. The van der Waals surface area contributed by atoms with E-state index in [0.29, 0.717) is 25.0 Å². The van der Waals surface area contributed by atoms with Gasteiger partial charge in [-0.1, -0.05) is 11.6 Å². The summed E-state index contributed by atoms with van der Waals surface area (Å²) in [6, 6.07) is 2.10. The fraction of sp³-hybridized carbons (Fsp3) is 0.533. The molecular weight excluding hydrogens is 383 g/mol. The molecule has 1 aliphatic rings. The zero-order valence-electron chi connectivity index (χ0n) is 13.3. The molecule has 0 saturated carbocycles. The minimum Gasteiger partial charge on any atom is -0.466 e. The summed E-state index contributed by atoms with van der Waals surface area (Å²) in [5.41, 5.74) is -1.03. The maximum absolute atomic E-state index is 12.7. The molecule has 1 unspecified atom stereocenters. The number of nitrogens with zero attached hydrogens (tertiary/aromatic N) is 1. The van der Waals surface area contributed by atoms with E-state index in [2.05, 4.69) is 0 Å². The quantitative estimate of drug-likeness (QED) is 0.728. The van der Waals surface area contributed by atoms with E-state index in [9.17, 15) is 26.4 Å². The highest BCUT2D eigenvalue weighted by atomic mass is 35.5. The monoisotopic (exact) mass is 399 g/mol. The summed E-state index contributed by atoms with van der Waals surface area (Å²) in [5, 5.41) is -0.506. The Morgan fingerprint density at radius 1 is 1.40 bits per heavy atom. The number of carbonyl (C=O) groups excluding carboxylic acids is 1. The first kappa shape index (κ1) is 20.0. The van der Waals surface area contributed by atoms with Crippen molar-refractivity contribution >= 4 is 27.6 Å². The van der Waals surface area contributed by atoms with Crippen molar-refractivity contribution in [3.05, 3.63) is 28.8 Å². The van der Waals surface area contributed by atoms with Gasteiger partial charge < -0.3 is 4.74 Å². The highest BCUT2D eigenvalue weighted by Crippen LogP contribution is 2.35. The third-order valence-corrected chi connectivity index (χ3v) is 6.23. The van der Waals surface area contributed by atoms with Crippen molar-refractivity contribution in [3.63, 3.8) is 0 Å². The maximum Gasteiger partial charge on any atom is 0.416 e. The summed E-state index contributed by atoms with van der Waals surface area (Å²) in [5.74, 6) is -1.09. The van der Waals surface area contributed by atoms with E-state index in [4.69, 9.17) is 16.3 Å². The molecule has 0 radical (unpaired) electrons. The fourth-order valence-electron chi connectivity index (χ4n) is 2.64. The second-order valence-corrected chi connectivity index (χ2v) is 7.91. The summed E-state index contributed by atoms with van der Waals surface area (Å²) in [7, 11) is -4.11. The van der Waals surface area contributed by atoms with Gasteiger partial charge in [-0.25, -0.2) is 8.42 Å². The first-order valence-corrected chi connectivity index (χ1v) is 9.42. The molecule has 1 heterocycles. The molecule has 140 valence electrons. The smallest absolute Gasteiger partial charge is 0.416 e. The number of alkyl halides is 3. The number of benzene rings is 1. The van der Waals surface area contributed by atoms with Gasteiger partial charge in [0, 0.05) is 13.1 Å². The summed E-state index contributed by atoms with van der Waals surface area (Å²) >= 11 is 5.79. The van der Waals surface area contributed by atoms with Crippen molar-refractivity contribution in [2.75, 3.05) is 19.7 Å². The molecule has 0 amide bonds. The van der Waals surface area contributed by atoms with Crippen molar-refractivity contribution in [3.8, 4) is 0 Å². The lowest BCUT2D eigenvalue weighted by atomic mass is 10.0. The molecule has 0 aliphatic carbocycles. The molecule has 1 fully saturated rings. The van der Waals surface area contributed by atoms with E-state index < -0.39 is 43.6 Å². The van der Waals surface area contributed by atoms with Crippen LogP contribution >= 0.6 is 11.6 Å². The highest BCUT2D eigenvalue weighted by molar-refractivity contribution is 7.89. The Bertz CT molecular complexity index is 752. The number of halogens is 4. The van der Waals surface area contributed by atoms with Crippen LogP contribution < -0.4 is 0 Å². The molecule has 0 bridgehead atoms. The predicted octanol–water partition coefficient (Wildman–Crippen LogP) is 3.32. The molecule has 1 aliphatic heterocycles. The van der Waals surface area contributed by atoms with Gasteiger partial charge in [0.1, 0.15) is 4.90 Å². The van der Waals surface area contributed by atoms with E-state index in [-0.39, 0.29) is 19.7 Å². The van der Waals surface area contributed by atoms with Gasteiger partial charge in [0.05, 0.1) is 23.1 Å². The third-order valence-electron chi connectivity index (χ3n) is 3.88. The van der Waals surface area contributed by atoms with Gasteiger partial charge >= 0.3 is 12.1 Å². The van der Waals surface area contributed by atoms with Crippen LogP contribution in [0.25, 0.3) is 0 Å². The van der Waals surface area contributed by atoms with Gasteiger partial charge in [0.2, 0.25) is 10.0 Å². The van der Waals surface area contributed by atoms with Gasteiger partial charge in [0.15, 0.2) is 0 Å². The molecule has 1 aromatic rings. The second kappa shape index (κ2) is 7.51. The Morgan fingerprint density at radius 2 is 2.08 bits per heavy atom. The number of ether oxygens (including phenoxy) is 1. The molecule has 0 spiro atoms. The van der Waals surface area contributed by atoms with E-state index >= 15 is 0 Å². The standard InChI is InChI=1S/C15H17ClF3NO4S/c1-2-24-14(21)10-4-3-7-20(9-10)25(22,23)13-6-5-11(8-12(13)16)15(17,18)19/h5-6,8,10H,2-4,7,9H2,1H3. The van der Waals surface area contributed by atoms with Crippen LogP contribution in [0.4, 0.5) is 13.2 Å². The largest absolute Gasteiger partial charge is 0.466 e. The Kier molecular flexibility index (Phi) is 6.01. The van der Waals surface area contributed by atoms with E-state index in [1.807, 2.05) is 0 Å². The van der Waals surface area contributed by atoms with Crippen LogP contribution in [0.5, 0.6) is 0 Å². The number of hydrogen-bond acceptors (Lipinski definition) is 4. The molecule has 2 rings (SSSR count). The lowest BCUT2D eigenvalue weighted by Gasteiger charge is -2.31. The van der Waals surface area contributed by atoms with Crippen LogP contribution in [0.1, 0.15) is 25.3 Å². The number of esters is 1.